The number of rotatable bonds is 3. The fourth-order valence-corrected chi connectivity index (χ4v) is 2.34. The first-order chi connectivity index (χ1) is 10.2. The highest BCUT2D eigenvalue weighted by Crippen LogP contribution is 2.21. The summed E-state index contributed by atoms with van der Waals surface area (Å²) < 4.78 is 2.14. The molecule has 21 heavy (non-hydrogen) atoms. The fraction of sp³-hybridized carbons (Fsp3) is 0.105. The molecule has 1 N–H and O–H groups in total. The van der Waals surface area contributed by atoms with Crippen LogP contribution >= 0.6 is 0 Å². The van der Waals surface area contributed by atoms with Crippen molar-refractivity contribution in [2.75, 3.05) is 0 Å². The molecule has 0 saturated carbocycles. The van der Waals surface area contributed by atoms with E-state index in [0.29, 0.717) is 5.75 Å². The zero-order valence-corrected chi connectivity index (χ0v) is 12.0. The summed E-state index contributed by atoms with van der Waals surface area (Å²) in [6.45, 7) is 3.11. The lowest BCUT2D eigenvalue weighted by atomic mass is 10.1. The fourth-order valence-electron chi connectivity index (χ4n) is 2.34. The predicted octanol–water partition coefficient (Wildman–Crippen LogP) is 4.02. The second kappa shape index (κ2) is 5.80. The molecule has 0 aliphatic carbocycles. The van der Waals surface area contributed by atoms with Crippen LogP contribution in [0.25, 0.3) is 22.9 Å². The first-order valence-electron chi connectivity index (χ1n) is 7.14. The van der Waals surface area contributed by atoms with Crippen LogP contribution in [0.3, 0.4) is 0 Å². The lowest BCUT2D eigenvalue weighted by Gasteiger charge is -2.01. The average molecular weight is 276 g/mol. The number of hydrogen-bond donors (Lipinski definition) is 1. The Morgan fingerprint density at radius 1 is 0.857 bits per heavy atom. The molecule has 0 bridgehead atoms. The second-order valence-corrected chi connectivity index (χ2v) is 5.09. The number of benzene rings is 2. The molecule has 3 rings (SSSR count). The summed E-state index contributed by atoms with van der Waals surface area (Å²) in [5, 5.41) is 11.7. The third kappa shape index (κ3) is 3.11. The number of nitrogens with zero attached hydrogens (tertiary/aromatic N) is 1. The summed E-state index contributed by atoms with van der Waals surface area (Å²) in [5.74, 6) is 0.305. The van der Waals surface area contributed by atoms with Gasteiger partial charge in [-0.15, -0.1) is 0 Å². The summed E-state index contributed by atoms with van der Waals surface area (Å²) in [6.07, 6.45) is 8.39. The van der Waals surface area contributed by atoms with Gasteiger partial charge in [0.1, 0.15) is 12.3 Å². The summed E-state index contributed by atoms with van der Waals surface area (Å²) >= 11 is 0. The van der Waals surface area contributed by atoms with Gasteiger partial charge in [0.2, 0.25) is 0 Å². The minimum Gasteiger partial charge on any atom is -0.508 e. The standard InChI is InChI=1S/C19H17NO/c1-2-20-11-9-15(10-12-20)3-4-16-5-6-18-14-19(21)8-7-17(18)13-16/h3-14H,2H2,1H3/p+1. The van der Waals surface area contributed by atoms with Crippen molar-refractivity contribution >= 4 is 22.9 Å². The summed E-state index contributed by atoms with van der Waals surface area (Å²) in [6, 6.07) is 15.9. The molecule has 0 unspecified atom stereocenters. The molecule has 2 aromatic carbocycles. The summed E-state index contributed by atoms with van der Waals surface area (Å²) in [5.41, 5.74) is 2.34. The number of aromatic nitrogens is 1. The molecular weight excluding hydrogens is 258 g/mol. The van der Waals surface area contributed by atoms with Crippen LogP contribution in [-0.2, 0) is 6.54 Å². The molecule has 3 aromatic rings. The molecule has 0 saturated heterocycles. The lowest BCUT2D eigenvalue weighted by Crippen LogP contribution is -2.30. The predicted molar refractivity (Wildman–Crippen MR) is 86.9 cm³/mol. The topological polar surface area (TPSA) is 24.1 Å². The van der Waals surface area contributed by atoms with Crippen LogP contribution in [-0.4, -0.2) is 5.11 Å². The number of aryl methyl sites for hydroxylation is 1. The Labute approximate surface area is 124 Å². The maximum absolute atomic E-state index is 9.48. The molecule has 0 aliphatic heterocycles. The van der Waals surface area contributed by atoms with Crippen molar-refractivity contribution in [3.05, 3.63) is 72.1 Å². The number of phenols is 1. The number of aromatic hydroxyl groups is 1. The van der Waals surface area contributed by atoms with Gasteiger partial charge in [0, 0.05) is 12.1 Å². The van der Waals surface area contributed by atoms with Gasteiger partial charge >= 0.3 is 0 Å². The molecule has 0 spiro atoms. The van der Waals surface area contributed by atoms with Gasteiger partial charge in [0.05, 0.1) is 0 Å². The molecule has 0 amide bonds. The van der Waals surface area contributed by atoms with Gasteiger partial charge in [-0.1, -0.05) is 30.4 Å². The number of pyridine rings is 1. The first-order valence-corrected chi connectivity index (χ1v) is 7.14. The van der Waals surface area contributed by atoms with Gasteiger partial charge in [-0.05, 0) is 47.0 Å². The van der Waals surface area contributed by atoms with Gasteiger partial charge < -0.3 is 5.11 Å². The molecule has 0 radical (unpaired) electrons. The first kappa shape index (κ1) is 13.4. The molecule has 0 aliphatic rings. The third-order valence-corrected chi connectivity index (χ3v) is 3.60. The Morgan fingerprint density at radius 2 is 1.52 bits per heavy atom. The van der Waals surface area contributed by atoms with E-state index < -0.39 is 0 Å². The highest BCUT2D eigenvalue weighted by Gasteiger charge is 1.97. The van der Waals surface area contributed by atoms with E-state index in [9.17, 15) is 5.11 Å². The quantitative estimate of drug-likeness (QED) is 0.718. The Kier molecular flexibility index (Phi) is 3.69. The van der Waals surface area contributed by atoms with Crippen LogP contribution in [0.1, 0.15) is 18.1 Å². The Hall–Kier alpha value is -2.61. The minimum atomic E-state index is 0.305. The molecule has 2 nitrogen and oxygen atoms in total. The maximum Gasteiger partial charge on any atom is 0.169 e. The van der Waals surface area contributed by atoms with Crippen LogP contribution in [0.15, 0.2) is 60.9 Å². The molecule has 2 heteroatoms. The van der Waals surface area contributed by atoms with Crippen LogP contribution in [0.2, 0.25) is 0 Å². The van der Waals surface area contributed by atoms with Crippen molar-refractivity contribution in [2.24, 2.45) is 0 Å². The Balaban J connectivity index is 1.86. The van der Waals surface area contributed by atoms with Gasteiger partial charge in [-0.25, -0.2) is 4.57 Å². The van der Waals surface area contributed by atoms with E-state index in [1.54, 1.807) is 12.1 Å². The van der Waals surface area contributed by atoms with E-state index in [1.807, 2.05) is 12.1 Å². The number of hydrogen-bond acceptors (Lipinski definition) is 1. The molecule has 1 aromatic heterocycles. The van der Waals surface area contributed by atoms with Gasteiger partial charge in [-0.2, -0.15) is 0 Å². The summed E-state index contributed by atoms with van der Waals surface area (Å²) in [4.78, 5) is 0. The highest BCUT2D eigenvalue weighted by atomic mass is 16.3. The maximum atomic E-state index is 9.48. The lowest BCUT2D eigenvalue weighted by molar-refractivity contribution is -0.693. The van der Waals surface area contributed by atoms with Crippen molar-refractivity contribution in [1.82, 2.24) is 0 Å². The smallest absolute Gasteiger partial charge is 0.169 e. The van der Waals surface area contributed by atoms with E-state index in [0.717, 1.165) is 22.9 Å². The molecule has 104 valence electrons. The van der Waals surface area contributed by atoms with E-state index in [1.165, 1.54) is 5.56 Å². The Morgan fingerprint density at radius 3 is 2.29 bits per heavy atom. The van der Waals surface area contributed by atoms with Gasteiger partial charge in [0.15, 0.2) is 12.4 Å². The van der Waals surface area contributed by atoms with Crippen molar-refractivity contribution in [2.45, 2.75) is 13.5 Å². The summed E-state index contributed by atoms with van der Waals surface area (Å²) in [7, 11) is 0. The zero-order chi connectivity index (χ0) is 14.7. The monoisotopic (exact) mass is 276 g/mol. The highest BCUT2D eigenvalue weighted by molar-refractivity contribution is 5.87. The number of fused-ring (bicyclic) bond motifs is 1. The van der Waals surface area contributed by atoms with Crippen LogP contribution in [0, 0.1) is 0 Å². The van der Waals surface area contributed by atoms with Gasteiger partial charge in [-0.3, -0.25) is 0 Å². The second-order valence-electron chi connectivity index (χ2n) is 5.09. The normalized spacial score (nSPS) is 11.3. The van der Waals surface area contributed by atoms with Crippen LogP contribution in [0.4, 0.5) is 0 Å². The van der Waals surface area contributed by atoms with Crippen molar-refractivity contribution < 1.29 is 9.67 Å². The van der Waals surface area contributed by atoms with E-state index in [-0.39, 0.29) is 0 Å². The zero-order valence-electron chi connectivity index (χ0n) is 12.0. The van der Waals surface area contributed by atoms with E-state index in [2.05, 4.69) is 60.3 Å². The van der Waals surface area contributed by atoms with E-state index in [4.69, 9.17) is 0 Å². The SMILES string of the molecule is CC[n+]1ccc(C=Cc2ccc3cc(O)ccc3c2)cc1. The Bertz CT molecular complexity index is 788. The molecule has 0 atom stereocenters. The van der Waals surface area contributed by atoms with Gasteiger partial charge in [0.25, 0.3) is 0 Å². The van der Waals surface area contributed by atoms with Crippen LogP contribution in [0.5, 0.6) is 5.75 Å². The molecular formula is C19H18NO+. The van der Waals surface area contributed by atoms with E-state index >= 15 is 0 Å². The molecule has 1 heterocycles. The number of phenolic OH excluding ortho intramolecular Hbond substituents is 1. The average Bonchev–Trinajstić information content (AvgIpc) is 2.53. The minimum absolute atomic E-state index is 0.305. The van der Waals surface area contributed by atoms with Crippen LogP contribution < -0.4 is 4.57 Å². The largest absolute Gasteiger partial charge is 0.508 e. The molecule has 0 fully saturated rings. The van der Waals surface area contributed by atoms with Crippen molar-refractivity contribution in [3.8, 4) is 5.75 Å². The van der Waals surface area contributed by atoms with Crippen molar-refractivity contribution in [1.29, 1.82) is 0 Å². The third-order valence-electron chi connectivity index (χ3n) is 3.60. The van der Waals surface area contributed by atoms with Crippen molar-refractivity contribution in [3.63, 3.8) is 0 Å².